The summed E-state index contributed by atoms with van der Waals surface area (Å²) < 4.78 is 2.35. The zero-order chi connectivity index (χ0) is 26.2. The van der Waals surface area contributed by atoms with Gasteiger partial charge in [-0.1, -0.05) is 47.6 Å². The van der Waals surface area contributed by atoms with Gasteiger partial charge in [0.2, 0.25) is 5.91 Å². The van der Waals surface area contributed by atoms with Gasteiger partial charge < -0.3 is 15.2 Å². The monoisotopic (exact) mass is 510 g/mol. The molecule has 36 heavy (non-hydrogen) atoms. The molecule has 0 aliphatic carbocycles. The highest BCUT2D eigenvalue weighted by molar-refractivity contribution is 7.09. The molecule has 2 N–H and O–H groups in total. The highest BCUT2D eigenvalue weighted by Gasteiger charge is 2.25. The van der Waals surface area contributed by atoms with Crippen LogP contribution >= 0.6 is 11.3 Å². The zero-order valence-corrected chi connectivity index (χ0v) is 23.5. The molecule has 0 fully saturated rings. The maximum absolute atomic E-state index is 13.3. The summed E-state index contributed by atoms with van der Waals surface area (Å²) in [5.41, 5.74) is 2.41. The summed E-state index contributed by atoms with van der Waals surface area (Å²) in [6.45, 7) is 12.7. The lowest BCUT2D eigenvalue weighted by Crippen LogP contribution is -2.50. The van der Waals surface area contributed by atoms with Crippen LogP contribution in [0.1, 0.15) is 101 Å². The zero-order valence-electron chi connectivity index (χ0n) is 22.6. The van der Waals surface area contributed by atoms with Crippen molar-refractivity contribution in [1.29, 1.82) is 0 Å². The van der Waals surface area contributed by atoms with Crippen molar-refractivity contribution in [3.8, 4) is 0 Å². The molecule has 3 rings (SSSR count). The van der Waals surface area contributed by atoms with Crippen molar-refractivity contribution >= 4 is 34.2 Å². The standard InChI is InChI=1S/C29H42N4O2S/c1-7-21(8-2)30-29(35)25(16-19(5)6)32-28(34)20-13-14-26-24(17-20)31-27(18-23-12-11-15-36-23)33(26)22(9-3)10-4/h11-15,17,19,21-22,25H,7-10,16,18H2,1-6H3,(H,30,35)(H,32,34)/t25-/m0/s1. The van der Waals surface area contributed by atoms with Crippen LogP contribution in [0.5, 0.6) is 0 Å². The Morgan fingerprint density at radius 3 is 2.31 bits per heavy atom. The third kappa shape index (κ3) is 6.75. The van der Waals surface area contributed by atoms with Gasteiger partial charge in [-0.2, -0.15) is 0 Å². The molecule has 2 aromatic heterocycles. The summed E-state index contributed by atoms with van der Waals surface area (Å²) in [7, 11) is 0. The van der Waals surface area contributed by atoms with Gasteiger partial charge in [-0.15, -0.1) is 11.3 Å². The number of carbonyl (C=O) groups excluding carboxylic acids is 2. The average molecular weight is 511 g/mol. The Kier molecular flexibility index (Phi) is 10.1. The molecular formula is C29H42N4O2S. The molecule has 0 spiro atoms. The fourth-order valence-electron chi connectivity index (χ4n) is 4.78. The topological polar surface area (TPSA) is 76.0 Å². The van der Waals surface area contributed by atoms with Crippen LogP contribution in [0.2, 0.25) is 0 Å². The largest absolute Gasteiger partial charge is 0.352 e. The Bertz CT molecular complexity index is 1130. The number of nitrogens with one attached hydrogen (secondary N) is 2. The van der Waals surface area contributed by atoms with Gasteiger partial charge in [-0.3, -0.25) is 9.59 Å². The van der Waals surface area contributed by atoms with Gasteiger partial charge in [0.15, 0.2) is 0 Å². The average Bonchev–Trinajstić information content (AvgIpc) is 3.50. The van der Waals surface area contributed by atoms with Crippen molar-refractivity contribution in [2.45, 2.75) is 98.2 Å². The lowest BCUT2D eigenvalue weighted by atomic mass is 10.0. The van der Waals surface area contributed by atoms with E-state index in [1.165, 1.54) is 4.88 Å². The van der Waals surface area contributed by atoms with Crippen molar-refractivity contribution in [2.75, 3.05) is 0 Å². The van der Waals surface area contributed by atoms with E-state index >= 15 is 0 Å². The molecule has 0 aliphatic rings. The second-order valence-corrected chi connectivity index (χ2v) is 11.0. The Hall–Kier alpha value is -2.67. The maximum Gasteiger partial charge on any atom is 0.252 e. The lowest BCUT2D eigenvalue weighted by Gasteiger charge is -2.23. The Morgan fingerprint density at radius 1 is 1.00 bits per heavy atom. The number of imidazole rings is 1. The summed E-state index contributed by atoms with van der Waals surface area (Å²) in [4.78, 5) is 32.5. The smallest absolute Gasteiger partial charge is 0.252 e. The van der Waals surface area contributed by atoms with Gasteiger partial charge in [-0.05, 0) is 67.7 Å². The van der Waals surface area contributed by atoms with Crippen molar-refractivity contribution in [3.63, 3.8) is 0 Å². The Morgan fingerprint density at radius 2 is 1.72 bits per heavy atom. The van der Waals surface area contributed by atoms with Crippen molar-refractivity contribution < 1.29 is 9.59 Å². The first-order valence-electron chi connectivity index (χ1n) is 13.4. The van der Waals surface area contributed by atoms with E-state index in [0.29, 0.717) is 18.0 Å². The lowest BCUT2D eigenvalue weighted by molar-refractivity contribution is -0.124. The second kappa shape index (κ2) is 13.0. The molecule has 6 nitrogen and oxygen atoms in total. The first kappa shape index (κ1) is 27.9. The summed E-state index contributed by atoms with van der Waals surface area (Å²) in [5, 5.41) is 8.19. The molecule has 0 bridgehead atoms. The fourth-order valence-corrected chi connectivity index (χ4v) is 5.49. The summed E-state index contributed by atoms with van der Waals surface area (Å²) in [6.07, 6.45) is 5.14. The molecule has 196 valence electrons. The quantitative estimate of drug-likeness (QED) is 0.276. The molecule has 0 unspecified atom stereocenters. The third-order valence-electron chi connectivity index (χ3n) is 6.91. The van der Waals surface area contributed by atoms with Crippen LogP contribution in [-0.4, -0.2) is 33.4 Å². The number of thiophene rings is 1. The van der Waals surface area contributed by atoms with E-state index in [0.717, 1.165) is 49.0 Å². The maximum atomic E-state index is 13.3. The number of amides is 2. The van der Waals surface area contributed by atoms with Crippen LogP contribution in [0.3, 0.4) is 0 Å². The van der Waals surface area contributed by atoms with Crippen LogP contribution in [0, 0.1) is 5.92 Å². The van der Waals surface area contributed by atoms with Gasteiger partial charge >= 0.3 is 0 Å². The Labute approximate surface area is 219 Å². The van der Waals surface area contributed by atoms with Crippen LogP contribution in [0.25, 0.3) is 11.0 Å². The van der Waals surface area contributed by atoms with Crippen molar-refractivity contribution in [2.24, 2.45) is 5.92 Å². The molecule has 1 aromatic carbocycles. The van der Waals surface area contributed by atoms with Gasteiger partial charge in [0.05, 0.1) is 11.0 Å². The Balaban J connectivity index is 1.89. The number of nitrogens with zero attached hydrogens (tertiary/aromatic N) is 2. The van der Waals surface area contributed by atoms with Crippen LogP contribution in [-0.2, 0) is 11.2 Å². The van der Waals surface area contributed by atoms with E-state index in [1.807, 2.05) is 18.2 Å². The first-order valence-corrected chi connectivity index (χ1v) is 14.3. The normalized spacial score (nSPS) is 12.6. The number of hydrogen-bond acceptors (Lipinski definition) is 4. The predicted molar refractivity (Wildman–Crippen MR) is 150 cm³/mol. The molecule has 3 aromatic rings. The van der Waals surface area contributed by atoms with E-state index < -0.39 is 6.04 Å². The number of fused-ring (bicyclic) bond motifs is 1. The van der Waals surface area contributed by atoms with Crippen LogP contribution in [0.4, 0.5) is 0 Å². The second-order valence-electron chi connectivity index (χ2n) is 10.0. The van der Waals surface area contributed by atoms with E-state index in [-0.39, 0.29) is 23.8 Å². The molecule has 2 heterocycles. The summed E-state index contributed by atoms with van der Waals surface area (Å²) >= 11 is 1.74. The molecule has 7 heteroatoms. The number of hydrogen-bond donors (Lipinski definition) is 2. The predicted octanol–water partition coefficient (Wildman–Crippen LogP) is 6.50. The van der Waals surface area contributed by atoms with E-state index in [2.05, 4.69) is 74.3 Å². The molecule has 0 saturated heterocycles. The van der Waals surface area contributed by atoms with Gasteiger partial charge in [-0.25, -0.2) is 4.98 Å². The minimum atomic E-state index is -0.565. The number of rotatable bonds is 13. The summed E-state index contributed by atoms with van der Waals surface area (Å²) in [5.74, 6) is 0.962. The van der Waals surface area contributed by atoms with E-state index in [4.69, 9.17) is 4.98 Å². The van der Waals surface area contributed by atoms with E-state index in [9.17, 15) is 9.59 Å². The molecular weight excluding hydrogens is 468 g/mol. The molecule has 0 radical (unpaired) electrons. The third-order valence-corrected chi connectivity index (χ3v) is 7.78. The van der Waals surface area contributed by atoms with Gasteiger partial charge in [0.1, 0.15) is 11.9 Å². The minimum absolute atomic E-state index is 0.108. The van der Waals surface area contributed by atoms with Gasteiger partial charge in [0, 0.05) is 28.9 Å². The van der Waals surface area contributed by atoms with Crippen molar-refractivity contribution in [3.05, 3.63) is 52.0 Å². The summed E-state index contributed by atoms with van der Waals surface area (Å²) in [6, 6.07) is 9.86. The SMILES string of the molecule is CCC(CC)NC(=O)[C@H](CC(C)C)NC(=O)c1ccc2c(c1)nc(Cc1cccs1)n2C(CC)CC. The van der Waals surface area contributed by atoms with E-state index in [1.54, 1.807) is 11.3 Å². The molecule has 0 aliphatic heterocycles. The first-order chi connectivity index (χ1) is 17.3. The molecule has 2 amide bonds. The van der Waals surface area contributed by atoms with Crippen LogP contribution < -0.4 is 10.6 Å². The fraction of sp³-hybridized carbons (Fsp3) is 0.552. The minimum Gasteiger partial charge on any atom is -0.352 e. The highest BCUT2D eigenvalue weighted by atomic mass is 32.1. The molecule has 0 saturated carbocycles. The highest BCUT2D eigenvalue weighted by Crippen LogP contribution is 2.28. The van der Waals surface area contributed by atoms with Crippen LogP contribution in [0.15, 0.2) is 35.7 Å². The number of benzene rings is 1. The number of aromatic nitrogens is 2. The number of carbonyl (C=O) groups is 2. The molecule has 1 atom stereocenters. The van der Waals surface area contributed by atoms with Crippen molar-refractivity contribution in [1.82, 2.24) is 20.2 Å². The van der Waals surface area contributed by atoms with Gasteiger partial charge in [0.25, 0.3) is 5.91 Å².